The molecule has 4 rings (SSSR count). The quantitative estimate of drug-likeness (QED) is 0.515. The highest BCUT2D eigenvalue weighted by Gasteiger charge is 2.41. The van der Waals surface area contributed by atoms with E-state index in [0.29, 0.717) is 40.6 Å². The SMILES string of the molecule is CCOc1cccc(NC2=C(c3ccc(OC)cc3)C(=O)N(c3cccc(C)c3C)C2=O)c1. The van der Waals surface area contributed by atoms with Gasteiger partial charge in [-0.1, -0.05) is 30.3 Å². The molecule has 6 heteroatoms. The first-order valence-corrected chi connectivity index (χ1v) is 10.8. The Morgan fingerprint density at radius 3 is 2.30 bits per heavy atom. The fraction of sp³-hybridized carbons (Fsp3) is 0.185. The summed E-state index contributed by atoms with van der Waals surface area (Å²) in [6.45, 7) is 6.31. The summed E-state index contributed by atoms with van der Waals surface area (Å²) in [6, 6.07) is 20.0. The van der Waals surface area contributed by atoms with Gasteiger partial charge in [-0.05, 0) is 67.8 Å². The van der Waals surface area contributed by atoms with Crippen molar-refractivity contribution in [2.75, 3.05) is 23.9 Å². The maximum absolute atomic E-state index is 13.7. The van der Waals surface area contributed by atoms with E-state index in [4.69, 9.17) is 9.47 Å². The molecular formula is C27H26N2O4. The van der Waals surface area contributed by atoms with Crippen LogP contribution < -0.4 is 19.7 Å². The van der Waals surface area contributed by atoms with Gasteiger partial charge < -0.3 is 14.8 Å². The molecule has 168 valence electrons. The largest absolute Gasteiger partial charge is 0.497 e. The van der Waals surface area contributed by atoms with Crippen molar-refractivity contribution in [1.82, 2.24) is 0 Å². The van der Waals surface area contributed by atoms with Crippen LogP contribution in [0.5, 0.6) is 11.5 Å². The molecule has 0 atom stereocenters. The van der Waals surface area contributed by atoms with E-state index in [1.165, 1.54) is 4.90 Å². The van der Waals surface area contributed by atoms with Crippen LogP contribution in [0.1, 0.15) is 23.6 Å². The van der Waals surface area contributed by atoms with E-state index in [9.17, 15) is 9.59 Å². The Morgan fingerprint density at radius 2 is 1.61 bits per heavy atom. The number of hydrogen-bond donors (Lipinski definition) is 1. The minimum Gasteiger partial charge on any atom is -0.497 e. The van der Waals surface area contributed by atoms with E-state index in [1.807, 2.05) is 51.1 Å². The van der Waals surface area contributed by atoms with Crippen molar-refractivity contribution in [3.8, 4) is 11.5 Å². The standard InChI is InChI=1S/C27H26N2O4/c1-5-33-22-10-7-9-20(16-22)28-25-24(19-12-14-21(32-4)15-13-19)26(30)29(27(25)31)23-11-6-8-17(2)18(23)3/h6-16,28H,5H2,1-4H3. The molecule has 0 saturated heterocycles. The third kappa shape index (κ3) is 4.20. The predicted molar refractivity (Wildman–Crippen MR) is 130 cm³/mol. The molecule has 0 saturated carbocycles. The summed E-state index contributed by atoms with van der Waals surface area (Å²) in [7, 11) is 1.58. The van der Waals surface area contributed by atoms with E-state index in [1.54, 1.807) is 43.5 Å². The number of methoxy groups -OCH3 is 1. The number of aryl methyl sites for hydroxylation is 1. The summed E-state index contributed by atoms with van der Waals surface area (Å²) in [5.41, 5.74) is 4.29. The Hall–Kier alpha value is -4.06. The molecule has 1 aliphatic heterocycles. The monoisotopic (exact) mass is 442 g/mol. The lowest BCUT2D eigenvalue weighted by Gasteiger charge is -2.19. The molecule has 0 fully saturated rings. The zero-order valence-electron chi connectivity index (χ0n) is 19.1. The number of ether oxygens (including phenoxy) is 2. The van der Waals surface area contributed by atoms with E-state index >= 15 is 0 Å². The van der Waals surface area contributed by atoms with Gasteiger partial charge in [0.15, 0.2) is 0 Å². The molecule has 0 spiro atoms. The number of hydrogen-bond acceptors (Lipinski definition) is 5. The second-order valence-electron chi connectivity index (χ2n) is 7.73. The first-order valence-electron chi connectivity index (χ1n) is 10.8. The normalized spacial score (nSPS) is 13.5. The van der Waals surface area contributed by atoms with Crippen molar-refractivity contribution in [2.24, 2.45) is 0 Å². The van der Waals surface area contributed by atoms with Crippen LogP contribution in [0.3, 0.4) is 0 Å². The van der Waals surface area contributed by atoms with Crippen LogP contribution in [0.25, 0.3) is 5.57 Å². The number of anilines is 2. The maximum Gasteiger partial charge on any atom is 0.282 e. The van der Waals surface area contributed by atoms with Crippen molar-refractivity contribution < 1.29 is 19.1 Å². The molecule has 2 amide bonds. The van der Waals surface area contributed by atoms with E-state index in [2.05, 4.69) is 5.32 Å². The lowest BCUT2D eigenvalue weighted by atomic mass is 10.0. The van der Waals surface area contributed by atoms with Gasteiger partial charge in [-0.3, -0.25) is 9.59 Å². The highest BCUT2D eigenvalue weighted by Crippen LogP contribution is 2.36. The zero-order valence-corrected chi connectivity index (χ0v) is 19.1. The molecule has 3 aromatic carbocycles. The summed E-state index contributed by atoms with van der Waals surface area (Å²) in [4.78, 5) is 28.5. The van der Waals surface area contributed by atoms with Gasteiger partial charge in [-0.15, -0.1) is 0 Å². The summed E-state index contributed by atoms with van der Waals surface area (Å²) in [5, 5.41) is 3.19. The molecule has 0 aliphatic carbocycles. The number of carbonyl (C=O) groups excluding carboxylic acids is 2. The number of benzene rings is 3. The van der Waals surface area contributed by atoms with Crippen molar-refractivity contribution in [3.63, 3.8) is 0 Å². The summed E-state index contributed by atoms with van der Waals surface area (Å²) in [6.07, 6.45) is 0. The van der Waals surface area contributed by atoms with Gasteiger partial charge in [0.25, 0.3) is 11.8 Å². The zero-order chi connectivity index (χ0) is 23.5. The van der Waals surface area contributed by atoms with Crippen LogP contribution >= 0.6 is 0 Å². The lowest BCUT2D eigenvalue weighted by molar-refractivity contribution is -0.120. The van der Waals surface area contributed by atoms with Gasteiger partial charge in [-0.2, -0.15) is 0 Å². The smallest absolute Gasteiger partial charge is 0.282 e. The highest BCUT2D eigenvalue weighted by atomic mass is 16.5. The van der Waals surface area contributed by atoms with Gasteiger partial charge in [0.2, 0.25) is 0 Å². The Balaban J connectivity index is 1.82. The van der Waals surface area contributed by atoms with Crippen molar-refractivity contribution >= 4 is 28.8 Å². The summed E-state index contributed by atoms with van der Waals surface area (Å²) < 4.78 is 10.8. The van der Waals surface area contributed by atoms with E-state index in [-0.39, 0.29) is 11.6 Å². The van der Waals surface area contributed by atoms with Crippen LogP contribution in [-0.4, -0.2) is 25.5 Å². The molecule has 1 aliphatic rings. The summed E-state index contributed by atoms with van der Waals surface area (Å²) in [5.74, 6) is 0.572. The first-order chi connectivity index (χ1) is 15.9. The summed E-state index contributed by atoms with van der Waals surface area (Å²) >= 11 is 0. The average molecular weight is 443 g/mol. The van der Waals surface area contributed by atoms with Gasteiger partial charge in [-0.25, -0.2) is 4.90 Å². The van der Waals surface area contributed by atoms with Crippen molar-refractivity contribution in [3.05, 3.63) is 89.1 Å². The molecule has 3 aromatic rings. The minimum absolute atomic E-state index is 0.222. The highest BCUT2D eigenvalue weighted by molar-refractivity contribution is 6.46. The third-order valence-electron chi connectivity index (χ3n) is 5.69. The van der Waals surface area contributed by atoms with Crippen LogP contribution in [0, 0.1) is 13.8 Å². The molecule has 0 radical (unpaired) electrons. The number of rotatable bonds is 7. The van der Waals surface area contributed by atoms with Gasteiger partial charge >= 0.3 is 0 Å². The number of carbonyl (C=O) groups is 2. The molecule has 0 aromatic heterocycles. The third-order valence-corrected chi connectivity index (χ3v) is 5.69. The number of amides is 2. The predicted octanol–water partition coefficient (Wildman–Crippen LogP) is 5.11. The van der Waals surface area contributed by atoms with Crippen LogP contribution in [-0.2, 0) is 9.59 Å². The van der Waals surface area contributed by atoms with Crippen molar-refractivity contribution in [1.29, 1.82) is 0 Å². The Bertz CT molecular complexity index is 1250. The fourth-order valence-corrected chi connectivity index (χ4v) is 3.84. The lowest BCUT2D eigenvalue weighted by Crippen LogP contribution is -2.33. The number of imide groups is 1. The van der Waals surface area contributed by atoms with Crippen molar-refractivity contribution in [2.45, 2.75) is 20.8 Å². The molecule has 1 heterocycles. The maximum atomic E-state index is 13.7. The molecule has 6 nitrogen and oxygen atoms in total. The van der Waals surface area contributed by atoms with Crippen LogP contribution in [0.4, 0.5) is 11.4 Å². The molecule has 1 N–H and O–H groups in total. The van der Waals surface area contributed by atoms with Gasteiger partial charge in [0.1, 0.15) is 17.2 Å². The minimum atomic E-state index is -0.402. The Morgan fingerprint density at radius 1 is 0.879 bits per heavy atom. The second-order valence-corrected chi connectivity index (χ2v) is 7.73. The number of nitrogens with one attached hydrogen (secondary N) is 1. The van der Waals surface area contributed by atoms with Crippen LogP contribution in [0.2, 0.25) is 0 Å². The van der Waals surface area contributed by atoms with Crippen LogP contribution in [0.15, 0.2) is 72.4 Å². The molecular weight excluding hydrogens is 416 g/mol. The Labute approximate surface area is 193 Å². The molecule has 33 heavy (non-hydrogen) atoms. The Kier molecular flexibility index (Phi) is 6.18. The second kappa shape index (κ2) is 9.20. The van der Waals surface area contributed by atoms with E-state index < -0.39 is 5.91 Å². The van der Waals surface area contributed by atoms with Gasteiger partial charge in [0.05, 0.1) is 25.0 Å². The van der Waals surface area contributed by atoms with E-state index in [0.717, 1.165) is 11.1 Å². The molecule has 0 unspecified atom stereocenters. The topological polar surface area (TPSA) is 67.9 Å². The first kappa shape index (κ1) is 22.1. The average Bonchev–Trinajstić information content (AvgIpc) is 3.05. The molecule has 0 bridgehead atoms. The number of nitrogens with zero attached hydrogens (tertiary/aromatic N) is 1. The fourth-order valence-electron chi connectivity index (χ4n) is 3.84. The van der Waals surface area contributed by atoms with Gasteiger partial charge in [0, 0.05) is 11.8 Å².